The Morgan fingerprint density at radius 1 is 1.05 bits per heavy atom. The quantitative estimate of drug-likeness (QED) is 0.514. The van der Waals surface area contributed by atoms with Crippen LogP contribution in [0.4, 0.5) is 4.79 Å². The van der Waals surface area contributed by atoms with Gasteiger partial charge in [-0.1, -0.05) is 23.9 Å². The molecule has 0 aliphatic carbocycles. The largest absolute Gasteiger partial charge is 0.496 e. The summed E-state index contributed by atoms with van der Waals surface area (Å²) in [5, 5.41) is 1.68. The topological polar surface area (TPSA) is 86.3 Å². The van der Waals surface area contributed by atoms with Gasteiger partial charge in [-0.3, -0.25) is 19.8 Å². The van der Waals surface area contributed by atoms with Gasteiger partial charge in [0.2, 0.25) is 5.91 Å². The molecule has 2 amide bonds. The molecular weight excluding hydrogens is 492 g/mol. The molecule has 2 saturated heterocycles. The first-order valence-corrected chi connectivity index (χ1v) is 13.4. The fraction of sp³-hybridized carbons (Fsp3) is 0.500. The van der Waals surface area contributed by atoms with Gasteiger partial charge in [-0.15, -0.1) is 0 Å². The van der Waals surface area contributed by atoms with Crippen LogP contribution in [0.25, 0.3) is 0 Å². The lowest BCUT2D eigenvalue weighted by Gasteiger charge is -2.38. The Morgan fingerprint density at radius 3 is 2.35 bits per heavy atom. The highest BCUT2D eigenvalue weighted by Gasteiger charge is 2.32. The van der Waals surface area contributed by atoms with Crippen molar-refractivity contribution in [2.45, 2.75) is 51.5 Å². The van der Waals surface area contributed by atoms with Gasteiger partial charge in [-0.25, -0.2) is 0 Å². The molecule has 2 heterocycles. The molecule has 37 heavy (non-hydrogen) atoms. The maximum Gasteiger partial charge on any atom is 0.286 e. The van der Waals surface area contributed by atoms with Crippen LogP contribution >= 0.6 is 11.8 Å². The fourth-order valence-electron chi connectivity index (χ4n) is 5.10. The summed E-state index contributed by atoms with van der Waals surface area (Å²) in [4.78, 5) is 25.6. The van der Waals surface area contributed by atoms with Crippen molar-refractivity contribution in [1.82, 2.24) is 10.2 Å². The van der Waals surface area contributed by atoms with Gasteiger partial charge in [-0.05, 0) is 62.9 Å². The Morgan fingerprint density at radius 2 is 1.73 bits per heavy atom. The highest BCUT2D eigenvalue weighted by Crippen LogP contribution is 2.42. The smallest absolute Gasteiger partial charge is 0.286 e. The van der Waals surface area contributed by atoms with Crippen molar-refractivity contribution in [3.63, 3.8) is 0 Å². The normalized spacial score (nSPS) is 21.0. The highest BCUT2D eigenvalue weighted by atomic mass is 32.2. The fourth-order valence-corrected chi connectivity index (χ4v) is 5.96. The number of thioether (sulfide) groups is 1. The molecular formula is C28H36N2O6S. The van der Waals surface area contributed by atoms with Crippen LogP contribution in [0.15, 0.2) is 24.3 Å². The van der Waals surface area contributed by atoms with Crippen LogP contribution in [0.3, 0.4) is 0 Å². The second kappa shape index (κ2) is 11.8. The second-order valence-corrected chi connectivity index (χ2v) is 10.8. The average molecular weight is 529 g/mol. The third-order valence-electron chi connectivity index (χ3n) is 7.29. The van der Waals surface area contributed by atoms with Gasteiger partial charge in [-0.2, -0.15) is 0 Å². The van der Waals surface area contributed by atoms with E-state index in [4.69, 9.17) is 18.9 Å². The monoisotopic (exact) mass is 528 g/mol. The number of carbonyl (C=O) groups excluding carboxylic acids is 2. The summed E-state index contributed by atoms with van der Waals surface area (Å²) in [6.07, 6.45) is 0.386. The minimum absolute atomic E-state index is 0.129. The Labute approximate surface area is 223 Å². The molecule has 4 rings (SSSR count). The lowest BCUT2D eigenvalue weighted by Crippen LogP contribution is -2.46. The van der Waals surface area contributed by atoms with E-state index in [0.29, 0.717) is 19.6 Å². The molecule has 2 aliphatic rings. The van der Waals surface area contributed by atoms with E-state index >= 15 is 0 Å². The van der Waals surface area contributed by atoms with E-state index in [0.717, 1.165) is 69.9 Å². The maximum atomic E-state index is 11.8. The third-order valence-corrected chi connectivity index (χ3v) is 8.27. The van der Waals surface area contributed by atoms with Crippen LogP contribution in [0.1, 0.15) is 40.8 Å². The van der Waals surface area contributed by atoms with Gasteiger partial charge in [0.1, 0.15) is 23.9 Å². The first kappa shape index (κ1) is 27.3. The molecule has 0 aromatic heterocycles. The number of amides is 2. The van der Waals surface area contributed by atoms with Crippen LogP contribution in [0, 0.1) is 20.8 Å². The Bertz CT molecular complexity index is 1150. The number of benzene rings is 2. The first-order valence-electron chi connectivity index (χ1n) is 12.5. The van der Waals surface area contributed by atoms with Crippen LogP contribution in [0.2, 0.25) is 0 Å². The Kier molecular flexibility index (Phi) is 8.67. The van der Waals surface area contributed by atoms with Crippen molar-refractivity contribution in [2.75, 3.05) is 40.5 Å². The molecule has 0 bridgehead atoms. The number of hydrogen-bond donors (Lipinski definition) is 1. The van der Waals surface area contributed by atoms with Crippen LogP contribution in [-0.4, -0.2) is 67.9 Å². The number of morpholine rings is 1. The molecule has 9 heteroatoms. The molecule has 0 radical (unpaired) electrons. The molecule has 2 aliphatic heterocycles. The van der Waals surface area contributed by atoms with Crippen molar-refractivity contribution in [2.24, 2.45) is 0 Å². The minimum atomic E-state index is -0.367. The van der Waals surface area contributed by atoms with Gasteiger partial charge < -0.3 is 18.9 Å². The predicted octanol–water partition coefficient (Wildman–Crippen LogP) is 4.36. The number of methoxy groups -OCH3 is 2. The number of nitrogens with zero attached hydrogens (tertiary/aromatic N) is 1. The first-order chi connectivity index (χ1) is 17.7. The number of nitrogens with one attached hydrogen (secondary N) is 1. The van der Waals surface area contributed by atoms with Crippen molar-refractivity contribution in [3.05, 3.63) is 52.1 Å². The number of carbonyl (C=O) groups is 2. The summed E-state index contributed by atoms with van der Waals surface area (Å²) in [6, 6.07) is 7.90. The highest BCUT2D eigenvalue weighted by molar-refractivity contribution is 8.15. The average Bonchev–Trinajstić information content (AvgIpc) is 3.21. The van der Waals surface area contributed by atoms with E-state index in [1.165, 1.54) is 0 Å². The SMILES string of the molecule is COc1c(C)c(C)c(OC)c(C2CN(C(C)COc3ccc(CC4SC(=O)NC4=O)cc3)CCO2)c1C. The molecule has 1 N–H and O–H groups in total. The van der Waals surface area contributed by atoms with E-state index in [-0.39, 0.29) is 28.5 Å². The molecule has 200 valence electrons. The standard InChI is InChI=1S/C28H36N2O6S/c1-16(15-36-21-9-7-20(8-10-21)13-23-27(31)29-28(32)37-23)30-11-12-35-22(14-30)24-19(4)25(33-5)17(2)18(3)26(24)34-6/h7-10,16,22-23H,11-15H2,1-6H3,(H,29,31,32). The molecule has 8 nitrogen and oxygen atoms in total. The molecule has 2 fully saturated rings. The summed E-state index contributed by atoms with van der Waals surface area (Å²) in [7, 11) is 3.41. The molecule has 3 unspecified atom stereocenters. The number of rotatable bonds is 9. The Hall–Kier alpha value is -2.75. The molecule has 2 aromatic rings. The van der Waals surface area contributed by atoms with Gasteiger partial charge >= 0.3 is 0 Å². The van der Waals surface area contributed by atoms with E-state index < -0.39 is 0 Å². The zero-order valence-corrected chi connectivity index (χ0v) is 23.2. The van der Waals surface area contributed by atoms with Crippen molar-refractivity contribution < 1.29 is 28.5 Å². The predicted molar refractivity (Wildman–Crippen MR) is 144 cm³/mol. The number of ether oxygens (including phenoxy) is 4. The molecule has 3 atom stereocenters. The van der Waals surface area contributed by atoms with Crippen LogP contribution in [0.5, 0.6) is 17.2 Å². The zero-order valence-electron chi connectivity index (χ0n) is 22.4. The van der Waals surface area contributed by atoms with E-state index in [1.807, 2.05) is 24.3 Å². The minimum Gasteiger partial charge on any atom is -0.496 e. The van der Waals surface area contributed by atoms with Crippen molar-refractivity contribution in [3.8, 4) is 17.2 Å². The maximum absolute atomic E-state index is 11.8. The van der Waals surface area contributed by atoms with Crippen molar-refractivity contribution in [1.29, 1.82) is 0 Å². The molecule has 2 aromatic carbocycles. The third kappa shape index (κ3) is 5.89. The van der Waals surface area contributed by atoms with Gasteiger partial charge in [0.05, 0.1) is 32.2 Å². The lowest BCUT2D eigenvalue weighted by molar-refractivity contribution is -0.118. The summed E-state index contributed by atoms with van der Waals surface area (Å²) >= 11 is 1.05. The number of hydrogen-bond acceptors (Lipinski definition) is 8. The molecule has 0 saturated carbocycles. The van der Waals surface area contributed by atoms with Gasteiger partial charge in [0.15, 0.2) is 0 Å². The summed E-state index contributed by atoms with van der Waals surface area (Å²) in [6.45, 7) is 11.0. The number of imide groups is 1. The van der Waals surface area contributed by atoms with Crippen LogP contribution < -0.4 is 19.5 Å². The Balaban J connectivity index is 1.38. The van der Waals surface area contributed by atoms with Crippen LogP contribution in [-0.2, 0) is 16.0 Å². The van der Waals surface area contributed by atoms with Gasteiger partial charge in [0.25, 0.3) is 5.24 Å². The zero-order chi connectivity index (χ0) is 26.7. The summed E-state index contributed by atoms with van der Waals surface area (Å²) in [5.41, 5.74) is 5.24. The molecule has 0 spiro atoms. The van der Waals surface area contributed by atoms with E-state index in [2.05, 4.69) is 37.9 Å². The van der Waals surface area contributed by atoms with Gasteiger partial charge in [0, 0.05) is 30.3 Å². The second-order valence-electron chi connectivity index (χ2n) is 9.60. The lowest BCUT2D eigenvalue weighted by atomic mass is 9.93. The van der Waals surface area contributed by atoms with Crippen molar-refractivity contribution >= 4 is 22.9 Å². The summed E-state index contributed by atoms with van der Waals surface area (Å²) in [5.74, 6) is 2.30. The van der Waals surface area contributed by atoms with E-state index in [1.54, 1.807) is 14.2 Å². The van der Waals surface area contributed by atoms with E-state index in [9.17, 15) is 9.59 Å². The summed E-state index contributed by atoms with van der Waals surface area (Å²) < 4.78 is 23.9.